The Morgan fingerprint density at radius 3 is 2.33 bits per heavy atom. The number of hydrogen-bond acceptors (Lipinski definition) is 3. The highest BCUT2D eigenvalue weighted by molar-refractivity contribution is 7.73. The summed E-state index contributed by atoms with van der Waals surface area (Å²) in [6.45, 7) is 3.61. The minimum absolute atomic E-state index is 0.165. The van der Waals surface area contributed by atoms with Gasteiger partial charge in [0.1, 0.15) is 0 Å². The molecule has 5 nitrogen and oxygen atoms in total. The van der Waals surface area contributed by atoms with E-state index in [9.17, 15) is 14.1 Å². The number of rotatable bonds is 3. The molecule has 0 amide bonds. The second-order valence-electron chi connectivity index (χ2n) is 6.68. The van der Waals surface area contributed by atoms with Crippen LogP contribution in [-0.4, -0.2) is 26.9 Å². The van der Waals surface area contributed by atoms with Gasteiger partial charge in [0.15, 0.2) is 10.6 Å². The molecule has 27 heavy (non-hydrogen) atoms. The van der Waals surface area contributed by atoms with E-state index in [1.54, 1.807) is 13.8 Å². The topological polar surface area (TPSA) is 68.0 Å². The van der Waals surface area contributed by atoms with Crippen LogP contribution in [0.4, 0.5) is 0 Å². The van der Waals surface area contributed by atoms with E-state index in [-0.39, 0.29) is 39.6 Å². The maximum atomic E-state index is 13.1. The second-order valence-corrected chi connectivity index (χ2v) is 8.65. The summed E-state index contributed by atoms with van der Waals surface area (Å²) in [6, 6.07) is 10.4. The van der Waals surface area contributed by atoms with Crippen molar-refractivity contribution >= 4 is 39.6 Å². The number of nitrogens with zero attached hydrogens (tertiary/aromatic N) is 1. The Hall–Kier alpha value is -1.98. The zero-order chi connectivity index (χ0) is 19.8. The molecule has 0 heterocycles. The smallest absolute Gasteiger partial charge is 0.397 e. The van der Waals surface area contributed by atoms with E-state index in [0.717, 1.165) is 11.1 Å². The average molecular weight is 427 g/mol. The van der Waals surface area contributed by atoms with E-state index in [4.69, 9.17) is 27.9 Å². The van der Waals surface area contributed by atoms with Crippen LogP contribution in [0.2, 0.25) is 10.0 Å². The van der Waals surface area contributed by atoms with E-state index >= 15 is 0 Å². The monoisotopic (exact) mass is 426 g/mol. The minimum Gasteiger partial charge on any atom is -0.488 e. The Bertz CT molecular complexity index is 1030. The van der Waals surface area contributed by atoms with Gasteiger partial charge in [-0.25, -0.2) is 4.79 Å². The first-order valence-electron chi connectivity index (χ1n) is 8.32. The first kappa shape index (κ1) is 19.8. The molecule has 3 rings (SSSR count). The van der Waals surface area contributed by atoms with Crippen LogP contribution in [0.1, 0.15) is 25.0 Å². The van der Waals surface area contributed by atoms with Gasteiger partial charge in [-0.05, 0) is 41.3 Å². The van der Waals surface area contributed by atoms with E-state index in [1.165, 1.54) is 12.1 Å². The highest BCUT2D eigenvalue weighted by Crippen LogP contribution is 2.37. The Morgan fingerprint density at radius 2 is 1.81 bits per heavy atom. The molecule has 2 aromatic rings. The maximum Gasteiger partial charge on any atom is 0.397 e. The number of aliphatic carboxylic acids is 1. The normalized spacial score (nSPS) is 14.6. The molecule has 8 heteroatoms. The Balaban J connectivity index is 2.14. The van der Waals surface area contributed by atoms with Crippen LogP contribution in [0.15, 0.2) is 41.3 Å². The second kappa shape index (κ2) is 7.56. The molecule has 0 unspecified atom stereocenters. The molecule has 1 N–H and O–H groups in total. The number of carbonyl (C=O) groups is 1. The quantitative estimate of drug-likeness (QED) is 0.764. The van der Waals surface area contributed by atoms with Crippen LogP contribution in [0.3, 0.4) is 0 Å². The Labute approximate surface area is 169 Å². The van der Waals surface area contributed by atoms with Crippen molar-refractivity contribution < 1.29 is 18.8 Å². The third-order valence-electron chi connectivity index (χ3n) is 4.26. The zero-order valence-corrected chi connectivity index (χ0v) is 17.1. The fraction of sp³-hybridized carbons (Fsp3) is 0.316. The van der Waals surface area contributed by atoms with Gasteiger partial charge in [0, 0.05) is 5.02 Å². The third kappa shape index (κ3) is 3.99. The standard InChI is InChI=1S/C19H17Cl2NO4S/c1-11(2)26-17-15(21)7-14(20)8-16(17)27(25)22-19(18(23)24)9-12-5-3-4-6-13(12)10-19/h3-8,11H,9-10H2,1-2H3/p+1. The average Bonchev–Trinajstić information content (AvgIpc) is 2.96. The number of carboxylic acid groups (broad SMARTS) is 1. The van der Waals surface area contributed by atoms with Crippen molar-refractivity contribution in [2.45, 2.75) is 43.2 Å². The molecule has 0 fully saturated rings. The molecular weight excluding hydrogens is 409 g/mol. The van der Waals surface area contributed by atoms with Gasteiger partial charge in [-0.3, -0.25) is 0 Å². The molecule has 0 saturated heterocycles. The number of carboxylic acids is 1. The Morgan fingerprint density at radius 1 is 1.22 bits per heavy atom. The summed E-state index contributed by atoms with van der Waals surface area (Å²) in [6.07, 6.45) is 0.140. The molecule has 0 aliphatic heterocycles. The number of ether oxygens (including phenoxy) is 1. The molecule has 0 spiro atoms. The number of benzene rings is 2. The number of hydrogen-bond donors (Lipinski definition) is 1. The SMILES string of the molecule is CC(C)Oc1c(Cl)cc(Cl)cc1S(=O)#[N+]C1(C(=O)O)Cc2ccccc2C1. The van der Waals surface area contributed by atoms with Crippen LogP contribution in [0.25, 0.3) is 4.19 Å². The van der Waals surface area contributed by atoms with E-state index in [1.807, 2.05) is 24.3 Å². The van der Waals surface area contributed by atoms with E-state index in [2.05, 4.69) is 4.19 Å². The highest BCUT2D eigenvalue weighted by atomic mass is 35.5. The van der Waals surface area contributed by atoms with Crippen molar-refractivity contribution in [1.82, 2.24) is 0 Å². The molecule has 142 valence electrons. The van der Waals surface area contributed by atoms with Crippen LogP contribution in [0, 0.1) is 0 Å². The van der Waals surface area contributed by atoms with E-state index in [0.29, 0.717) is 0 Å². The van der Waals surface area contributed by atoms with Crippen LogP contribution >= 0.6 is 23.2 Å². The van der Waals surface area contributed by atoms with Crippen molar-refractivity contribution in [3.63, 3.8) is 0 Å². The summed E-state index contributed by atoms with van der Waals surface area (Å²) in [4.78, 5) is 12.2. The van der Waals surface area contributed by atoms with Crippen molar-refractivity contribution in [2.75, 3.05) is 0 Å². The van der Waals surface area contributed by atoms with Gasteiger partial charge in [0.2, 0.25) is 0 Å². The van der Waals surface area contributed by atoms with Gasteiger partial charge >= 0.3 is 21.9 Å². The fourth-order valence-corrected chi connectivity index (χ4v) is 4.90. The Kier molecular flexibility index (Phi) is 5.54. The molecule has 0 atom stereocenters. The molecule has 0 radical (unpaired) electrons. The summed E-state index contributed by atoms with van der Waals surface area (Å²) in [5, 5.41) is 10.3. The van der Waals surface area contributed by atoms with Crippen LogP contribution in [0.5, 0.6) is 5.75 Å². The van der Waals surface area contributed by atoms with Gasteiger partial charge in [0.25, 0.3) is 0 Å². The minimum atomic E-state index is -2.02. The largest absolute Gasteiger partial charge is 0.488 e. The molecule has 0 saturated carbocycles. The predicted octanol–water partition coefficient (Wildman–Crippen LogP) is 4.80. The van der Waals surface area contributed by atoms with Crippen molar-refractivity contribution in [3.8, 4) is 5.75 Å². The summed E-state index contributed by atoms with van der Waals surface area (Å²) < 4.78 is 23.0. The van der Waals surface area contributed by atoms with E-state index < -0.39 is 21.9 Å². The van der Waals surface area contributed by atoms with Crippen molar-refractivity contribution in [3.05, 3.63) is 61.8 Å². The molecule has 0 bridgehead atoms. The lowest BCUT2D eigenvalue weighted by Gasteiger charge is -2.12. The summed E-state index contributed by atoms with van der Waals surface area (Å²) in [5.41, 5.74) is 0.283. The van der Waals surface area contributed by atoms with Crippen molar-refractivity contribution in [1.29, 1.82) is 0 Å². The molecular formula is C19H18Cl2NO4S+. The molecule has 2 aromatic carbocycles. The lowest BCUT2D eigenvalue weighted by atomic mass is 9.98. The fourth-order valence-electron chi connectivity index (χ4n) is 3.07. The van der Waals surface area contributed by atoms with Crippen LogP contribution in [-0.2, 0) is 28.1 Å². The van der Waals surface area contributed by atoms with Crippen molar-refractivity contribution in [2.24, 2.45) is 0 Å². The highest BCUT2D eigenvalue weighted by Gasteiger charge is 2.55. The lowest BCUT2D eigenvalue weighted by Crippen LogP contribution is -2.36. The number of fused-ring (bicyclic) bond motifs is 1. The first-order chi connectivity index (χ1) is 12.7. The van der Waals surface area contributed by atoms with Gasteiger partial charge in [0.05, 0.1) is 24.0 Å². The zero-order valence-electron chi connectivity index (χ0n) is 14.7. The predicted molar refractivity (Wildman–Crippen MR) is 106 cm³/mol. The van der Waals surface area contributed by atoms with Gasteiger partial charge in [-0.15, -0.1) is 4.21 Å². The third-order valence-corrected chi connectivity index (χ3v) is 5.95. The van der Waals surface area contributed by atoms with Gasteiger partial charge in [-0.1, -0.05) is 47.5 Å². The van der Waals surface area contributed by atoms with Gasteiger partial charge < -0.3 is 9.84 Å². The lowest BCUT2D eigenvalue weighted by molar-refractivity contribution is -0.141. The molecule has 0 aromatic heterocycles. The van der Waals surface area contributed by atoms with Gasteiger partial charge in [-0.2, -0.15) is 0 Å². The molecule has 1 aliphatic carbocycles. The maximum absolute atomic E-state index is 13.1. The summed E-state index contributed by atoms with van der Waals surface area (Å²) >= 11 is 12.3. The number of halogens is 2. The summed E-state index contributed by atoms with van der Waals surface area (Å²) in [7, 11) is -2.02. The van der Waals surface area contributed by atoms with Crippen LogP contribution < -0.4 is 4.74 Å². The molecule has 1 aliphatic rings. The first-order valence-corrected chi connectivity index (χ1v) is 10.2. The summed E-state index contributed by atoms with van der Waals surface area (Å²) in [5.74, 6) is -0.916.